The van der Waals surface area contributed by atoms with E-state index in [1.54, 1.807) is 4.90 Å². The van der Waals surface area contributed by atoms with Crippen molar-refractivity contribution in [1.29, 1.82) is 0 Å². The van der Waals surface area contributed by atoms with Crippen molar-refractivity contribution in [3.8, 4) is 0 Å². The molecule has 0 radical (unpaired) electrons. The van der Waals surface area contributed by atoms with E-state index in [4.69, 9.17) is 0 Å². The fourth-order valence-corrected chi connectivity index (χ4v) is 6.45. The van der Waals surface area contributed by atoms with Crippen LogP contribution in [0.4, 0.5) is 0 Å². The van der Waals surface area contributed by atoms with Crippen molar-refractivity contribution in [2.45, 2.75) is 89.6 Å². The summed E-state index contributed by atoms with van der Waals surface area (Å²) in [6.45, 7) is 4.69. The lowest BCUT2D eigenvalue weighted by Crippen LogP contribution is -3.15. The van der Waals surface area contributed by atoms with Crippen LogP contribution in [0.3, 0.4) is 0 Å². The summed E-state index contributed by atoms with van der Waals surface area (Å²) in [5.41, 5.74) is 3.26. The van der Waals surface area contributed by atoms with Gasteiger partial charge in [0.15, 0.2) is 6.04 Å². The van der Waals surface area contributed by atoms with Crippen molar-refractivity contribution in [2.75, 3.05) is 13.1 Å². The smallest absolute Gasteiger partial charge is 0.214 e. The zero-order chi connectivity index (χ0) is 19.7. The lowest BCUT2D eigenvalue weighted by Gasteiger charge is -2.45. The van der Waals surface area contributed by atoms with E-state index in [1.165, 1.54) is 94.8 Å². The molecule has 1 N–H and O–H groups in total. The van der Waals surface area contributed by atoms with Gasteiger partial charge in [-0.3, -0.25) is 0 Å². The number of aryl methyl sites for hydroxylation is 1. The summed E-state index contributed by atoms with van der Waals surface area (Å²) in [5, 5.41) is 13.3. The first kappa shape index (κ1) is 19.2. The number of likely N-dealkylation sites (tertiary alicyclic amines) is 1. The molecular formula is C24H36N5+. The number of piperidine rings is 1. The van der Waals surface area contributed by atoms with Crippen LogP contribution < -0.4 is 4.90 Å². The molecular weight excluding hydrogens is 358 g/mol. The summed E-state index contributed by atoms with van der Waals surface area (Å²) in [4.78, 5) is 1.69. The molecule has 1 aromatic heterocycles. The molecule has 5 rings (SSSR count). The number of hydrogen-bond acceptors (Lipinski definition) is 3. The van der Waals surface area contributed by atoms with Gasteiger partial charge in [-0.15, -0.1) is 5.10 Å². The molecule has 1 aliphatic heterocycles. The molecule has 1 spiro atoms. The van der Waals surface area contributed by atoms with Gasteiger partial charge in [0.25, 0.3) is 0 Å². The van der Waals surface area contributed by atoms with Crippen molar-refractivity contribution < 1.29 is 4.90 Å². The molecule has 2 aromatic rings. The summed E-state index contributed by atoms with van der Waals surface area (Å²) in [7, 11) is 0. The van der Waals surface area contributed by atoms with Gasteiger partial charge in [-0.05, 0) is 55.9 Å². The van der Waals surface area contributed by atoms with E-state index in [0.29, 0.717) is 11.5 Å². The highest BCUT2D eigenvalue weighted by Crippen LogP contribution is 2.41. The Bertz CT molecular complexity index is 793. The predicted molar refractivity (Wildman–Crippen MR) is 114 cm³/mol. The number of quaternary nitrogens is 1. The zero-order valence-corrected chi connectivity index (χ0v) is 17.9. The Hall–Kier alpha value is -1.75. The van der Waals surface area contributed by atoms with Crippen molar-refractivity contribution in [1.82, 2.24) is 20.2 Å². The number of aromatic nitrogens is 4. The third kappa shape index (κ3) is 3.86. The van der Waals surface area contributed by atoms with Crippen molar-refractivity contribution in [3.05, 3.63) is 41.2 Å². The molecule has 2 atom stereocenters. The second-order valence-corrected chi connectivity index (χ2v) is 10.0. The maximum Gasteiger partial charge on any atom is 0.214 e. The summed E-state index contributed by atoms with van der Waals surface area (Å²) in [6, 6.07) is 9.90. The number of rotatable bonds is 4. The number of hydrogen-bond donors (Lipinski definition) is 1. The molecule has 5 nitrogen and oxygen atoms in total. The van der Waals surface area contributed by atoms with Gasteiger partial charge >= 0.3 is 0 Å². The summed E-state index contributed by atoms with van der Waals surface area (Å²) < 4.78 is 2.20. The molecule has 3 fully saturated rings. The first-order valence-electron chi connectivity index (χ1n) is 11.9. The maximum absolute atomic E-state index is 4.65. The van der Waals surface area contributed by atoms with E-state index in [0.717, 1.165) is 5.82 Å². The molecule has 1 unspecified atom stereocenters. The molecule has 2 heterocycles. The van der Waals surface area contributed by atoms with Crippen LogP contribution in [0, 0.1) is 12.3 Å². The Morgan fingerprint density at radius 1 is 0.966 bits per heavy atom. The highest BCUT2D eigenvalue weighted by molar-refractivity contribution is 5.26. The van der Waals surface area contributed by atoms with Crippen LogP contribution >= 0.6 is 0 Å². The Morgan fingerprint density at radius 2 is 1.69 bits per heavy atom. The molecule has 0 amide bonds. The van der Waals surface area contributed by atoms with Crippen LogP contribution in [0.5, 0.6) is 0 Å². The Morgan fingerprint density at radius 3 is 2.45 bits per heavy atom. The van der Waals surface area contributed by atoms with Crippen molar-refractivity contribution >= 4 is 0 Å². The molecule has 2 aliphatic carbocycles. The molecule has 3 aliphatic rings. The molecule has 0 bridgehead atoms. The molecule has 1 saturated heterocycles. The summed E-state index contributed by atoms with van der Waals surface area (Å²) in [5.74, 6) is 1.10. The monoisotopic (exact) mass is 394 g/mol. The standard InChI is InChI=1S/C24H35N5/c1-19-10-12-20(13-11-19)22(23-25-26-27-29(23)21-8-3-4-9-21)28-17-7-16-24(18-28)14-5-2-6-15-24/h10-13,21-22H,2-9,14-18H2,1H3/p+1/t22-/m0/s1. The van der Waals surface area contributed by atoms with Crippen LogP contribution in [0.1, 0.15) is 99.7 Å². The van der Waals surface area contributed by atoms with Gasteiger partial charge < -0.3 is 4.90 Å². The van der Waals surface area contributed by atoms with Crippen LogP contribution in [0.25, 0.3) is 0 Å². The number of nitrogens with zero attached hydrogens (tertiary/aromatic N) is 4. The Balaban J connectivity index is 1.51. The average molecular weight is 395 g/mol. The number of benzene rings is 1. The van der Waals surface area contributed by atoms with Crippen LogP contribution in [0.15, 0.2) is 24.3 Å². The van der Waals surface area contributed by atoms with Gasteiger partial charge in [-0.25, -0.2) is 4.68 Å². The lowest BCUT2D eigenvalue weighted by atomic mass is 9.69. The normalized spacial score (nSPS) is 26.0. The largest absolute Gasteiger partial charge is 0.322 e. The van der Waals surface area contributed by atoms with Gasteiger partial charge in [0.2, 0.25) is 5.82 Å². The number of tetrazole rings is 1. The van der Waals surface area contributed by atoms with Gasteiger partial charge in [-0.1, -0.05) is 61.9 Å². The van der Waals surface area contributed by atoms with Gasteiger partial charge in [0.05, 0.1) is 19.1 Å². The van der Waals surface area contributed by atoms with Crippen LogP contribution in [-0.2, 0) is 0 Å². The van der Waals surface area contributed by atoms with Crippen molar-refractivity contribution in [3.63, 3.8) is 0 Å². The van der Waals surface area contributed by atoms with Gasteiger partial charge in [0, 0.05) is 11.0 Å². The molecule has 1 aromatic carbocycles. The first-order chi connectivity index (χ1) is 14.2. The maximum atomic E-state index is 4.65. The van der Waals surface area contributed by atoms with E-state index in [2.05, 4.69) is 51.4 Å². The zero-order valence-electron chi connectivity index (χ0n) is 17.9. The van der Waals surface area contributed by atoms with E-state index >= 15 is 0 Å². The minimum absolute atomic E-state index is 0.255. The third-order valence-electron chi connectivity index (χ3n) is 7.99. The second kappa shape index (κ2) is 8.17. The van der Waals surface area contributed by atoms with Crippen LogP contribution in [0.2, 0.25) is 0 Å². The van der Waals surface area contributed by atoms with E-state index in [-0.39, 0.29) is 6.04 Å². The molecule has 29 heavy (non-hydrogen) atoms. The number of nitrogens with one attached hydrogen (secondary N) is 1. The quantitative estimate of drug-likeness (QED) is 0.858. The topological polar surface area (TPSA) is 48.0 Å². The van der Waals surface area contributed by atoms with Gasteiger partial charge in [0.1, 0.15) is 0 Å². The fraction of sp³-hybridized carbons (Fsp3) is 0.708. The average Bonchev–Trinajstić information content (AvgIpc) is 3.42. The second-order valence-electron chi connectivity index (χ2n) is 10.0. The Labute approximate surface area is 174 Å². The molecule has 2 saturated carbocycles. The van der Waals surface area contributed by atoms with Gasteiger partial charge in [-0.2, -0.15) is 0 Å². The highest BCUT2D eigenvalue weighted by Gasteiger charge is 2.44. The van der Waals surface area contributed by atoms with E-state index in [9.17, 15) is 0 Å². The van der Waals surface area contributed by atoms with E-state index in [1.807, 2.05) is 0 Å². The Kier molecular flexibility index (Phi) is 5.42. The minimum atomic E-state index is 0.255. The summed E-state index contributed by atoms with van der Waals surface area (Å²) >= 11 is 0. The third-order valence-corrected chi connectivity index (χ3v) is 7.99. The van der Waals surface area contributed by atoms with Crippen molar-refractivity contribution in [2.24, 2.45) is 5.41 Å². The highest BCUT2D eigenvalue weighted by atomic mass is 15.6. The first-order valence-corrected chi connectivity index (χ1v) is 11.9. The lowest BCUT2D eigenvalue weighted by molar-refractivity contribution is -0.938. The summed E-state index contributed by atoms with van der Waals surface area (Å²) in [6.07, 6.45) is 14.9. The molecule has 5 heteroatoms. The SMILES string of the molecule is Cc1ccc([C@@H](c2nnnn2C2CCCC2)[NH+]2CCCC3(CCCCC3)C2)cc1. The van der Waals surface area contributed by atoms with Crippen LogP contribution in [-0.4, -0.2) is 33.3 Å². The molecule has 156 valence electrons. The fourth-order valence-electron chi connectivity index (χ4n) is 6.45. The predicted octanol–water partition coefficient (Wildman–Crippen LogP) is 3.82. The van der Waals surface area contributed by atoms with E-state index < -0.39 is 0 Å². The minimum Gasteiger partial charge on any atom is -0.322 e.